The number of benzene rings is 2. The Morgan fingerprint density at radius 3 is 2.50 bits per heavy atom. The molecule has 1 heterocycles. The molecular formula is C18H10ClF5N2O2. The van der Waals surface area contributed by atoms with Crippen LogP contribution in [-0.4, -0.2) is 11.1 Å². The highest BCUT2D eigenvalue weighted by molar-refractivity contribution is 6.33. The molecule has 0 aliphatic heterocycles. The lowest BCUT2D eigenvalue weighted by Gasteiger charge is -2.11. The van der Waals surface area contributed by atoms with Crippen LogP contribution in [0.3, 0.4) is 0 Å². The summed E-state index contributed by atoms with van der Waals surface area (Å²) in [5, 5.41) is 5.59. The molecule has 0 aliphatic rings. The fourth-order valence-electron chi connectivity index (χ4n) is 2.52. The largest absolute Gasteiger partial charge is 0.416 e. The number of anilines is 1. The Balaban J connectivity index is 2.03. The summed E-state index contributed by atoms with van der Waals surface area (Å²) in [5.41, 5.74) is -2.63. The van der Waals surface area contributed by atoms with Crippen LogP contribution < -0.4 is 5.32 Å². The number of carbonyl (C=O) groups is 1. The summed E-state index contributed by atoms with van der Waals surface area (Å²) in [6, 6.07) is 5.35. The predicted molar refractivity (Wildman–Crippen MR) is 91.0 cm³/mol. The summed E-state index contributed by atoms with van der Waals surface area (Å²) in [6.07, 6.45) is -4.73. The highest BCUT2D eigenvalue weighted by atomic mass is 35.5. The number of alkyl halides is 3. The maximum atomic E-state index is 14.2. The molecule has 146 valence electrons. The molecule has 0 saturated heterocycles. The van der Waals surface area contributed by atoms with E-state index < -0.39 is 35.0 Å². The van der Waals surface area contributed by atoms with Gasteiger partial charge in [-0.3, -0.25) is 4.79 Å². The highest BCUT2D eigenvalue weighted by Crippen LogP contribution is 2.35. The number of amides is 1. The van der Waals surface area contributed by atoms with E-state index in [0.717, 1.165) is 6.07 Å². The number of hydrogen-bond donors (Lipinski definition) is 1. The molecule has 0 radical (unpaired) electrons. The van der Waals surface area contributed by atoms with Crippen LogP contribution >= 0.6 is 11.6 Å². The van der Waals surface area contributed by atoms with Crippen molar-refractivity contribution in [1.29, 1.82) is 0 Å². The molecule has 0 atom stereocenters. The molecule has 3 rings (SSSR count). The average Bonchev–Trinajstić information content (AvgIpc) is 2.97. The molecule has 28 heavy (non-hydrogen) atoms. The maximum absolute atomic E-state index is 14.2. The number of rotatable bonds is 3. The number of hydrogen-bond acceptors (Lipinski definition) is 3. The Kier molecular flexibility index (Phi) is 5.12. The second kappa shape index (κ2) is 7.23. The summed E-state index contributed by atoms with van der Waals surface area (Å²) in [5.74, 6) is -2.97. The SMILES string of the molecule is Cc1onc(-c2c(F)cccc2Cl)c1C(=O)Nc1cc(C(F)(F)F)ccc1F. The first-order valence-corrected chi connectivity index (χ1v) is 8.06. The summed E-state index contributed by atoms with van der Waals surface area (Å²) in [6.45, 7) is 1.34. The number of carbonyl (C=O) groups excluding carboxylic acids is 1. The molecule has 1 amide bonds. The molecular weight excluding hydrogens is 407 g/mol. The summed E-state index contributed by atoms with van der Waals surface area (Å²) < 4.78 is 71.5. The van der Waals surface area contributed by atoms with Gasteiger partial charge in [-0.1, -0.05) is 22.8 Å². The van der Waals surface area contributed by atoms with Crippen molar-refractivity contribution in [3.8, 4) is 11.3 Å². The molecule has 0 fully saturated rings. The second-order valence-electron chi connectivity index (χ2n) is 5.71. The normalized spacial score (nSPS) is 11.5. The molecule has 10 heteroatoms. The van der Waals surface area contributed by atoms with Crippen LogP contribution in [0.25, 0.3) is 11.3 Å². The molecule has 1 aromatic heterocycles. The fraction of sp³-hybridized carbons (Fsp3) is 0.111. The first kappa shape index (κ1) is 19.8. The van der Waals surface area contributed by atoms with E-state index in [0.29, 0.717) is 18.2 Å². The molecule has 3 aromatic rings. The zero-order valence-corrected chi connectivity index (χ0v) is 14.8. The number of nitrogens with zero attached hydrogens (tertiary/aromatic N) is 1. The van der Waals surface area contributed by atoms with E-state index >= 15 is 0 Å². The van der Waals surface area contributed by atoms with Gasteiger partial charge < -0.3 is 9.84 Å². The van der Waals surface area contributed by atoms with Crippen molar-refractivity contribution >= 4 is 23.2 Å². The molecule has 1 N–H and O–H groups in total. The predicted octanol–water partition coefficient (Wildman–Crippen LogP) is 5.85. The molecule has 2 aromatic carbocycles. The Hall–Kier alpha value is -2.94. The van der Waals surface area contributed by atoms with E-state index in [1.807, 2.05) is 5.32 Å². The van der Waals surface area contributed by atoms with Gasteiger partial charge in [0.15, 0.2) is 0 Å². The minimum atomic E-state index is -4.73. The molecule has 0 unspecified atom stereocenters. The number of aryl methyl sites for hydroxylation is 1. The van der Waals surface area contributed by atoms with Crippen molar-refractivity contribution in [3.05, 3.63) is 69.9 Å². The quantitative estimate of drug-likeness (QED) is 0.545. The zero-order chi connectivity index (χ0) is 20.6. The van der Waals surface area contributed by atoms with Crippen molar-refractivity contribution in [2.45, 2.75) is 13.1 Å². The third-order valence-corrected chi connectivity index (χ3v) is 4.15. The third kappa shape index (κ3) is 3.70. The van der Waals surface area contributed by atoms with E-state index in [1.165, 1.54) is 19.1 Å². The first-order valence-electron chi connectivity index (χ1n) is 7.68. The van der Waals surface area contributed by atoms with Gasteiger partial charge in [-0.15, -0.1) is 0 Å². The Morgan fingerprint density at radius 2 is 1.86 bits per heavy atom. The Bertz CT molecular complexity index is 1040. The highest BCUT2D eigenvalue weighted by Gasteiger charge is 2.32. The number of aromatic nitrogens is 1. The Morgan fingerprint density at radius 1 is 1.14 bits per heavy atom. The van der Waals surface area contributed by atoms with Gasteiger partial charge in [0.05, 0.1) is 21.8 Å². The van der Waals surface area contributed by atoms with Gasteiger partial charge >= 0.3 is 6.18 Å². The minimum absolute atomic E-state index is 0.0563. The Labute approximate surface area is 159 Å². The molecule has 0 spiro atoms. The fourth-order valence-corrected chi connectivity index (χ4v) is 2.77. The van der Waals surface area contributed by atoms with Crippen molar-refractivity contribution in [2.24, 2.45) is 0 Å². The smallest absolute Gasteiger partial charge is 0.360 e. The lowest BCUT2D eigenvalue weighted by molar-refractivity contribution is -0.137. The standard InChI is InChI=1S/C18H10ClF5N2O2/c1-8-14(16(26-28-8)15-10(19)3-2-4-12(15)21)17(27)25-13-7-9(18(22,23)24)5-6-11(13)20/h2-7H,1H3,(H,25,27). The number of nitrogens with one attached hydrogen (secondary N) is 1. The van der Waals surface area contributed by atoms with Gasteiger partial charge in [-0.25, -0.2) is 8.78 Å². The van der Waals surface area contributed by atoms with Gasteiger partial charge in [0.2, 0.25) is 0 Å². The van der Waals surface area contributed by atoms with Crippen molar-refractivity contribution in [3.63, 3.8) is 0 Å². The van der Waals surface area contributed by atoms with E-state index in [2.05, 4.69) is 5.16 Å². The summed E-state index contributed by atoms with van der Waals surface area (Å²) in [4.78, 5) is 12.6. The van der Waals surface area contributed by atoms with Gasteiger partial charge in [0, 0.05) is 0 Å². The van der Waals surface area contributed by atoms with Gasteiger partial charge in [-0.05, 0) is 37.3 Å². The molecule has 0 aliphatic carbocycles. The van der Waals surface area contributed by atoms with Crippen LogP contribution in [0.1, 0.15) is 21.7 Å². The second-order valence-corrected chi connectivity index (χ2v) is 6.11. The van der Waals surface area contributed by atoms with Crippen molar-refractivity contribution < 1.29 is 31.3 Å². The van der Waals surface area contributed by atoms with E-state index in [9.17, 15) is 26.7 Å². The molecule has 0 bridgehead atoms. The van der Waals surface area contributed by atoms with Crippen LogP contribution in [0.5, 0.6) is 0 Å². The van der Waals surface area contributed by atoms with Crippen LogP contribution in [0.15, 0.2) is 40.9 Å². The van der Waals surface area contributed by atoms with Crippen molar-refractivity contribution in [2.75, 3.05) is 5.32 Å². The number of halogens is 6. The topological polar surface area (TPSA) is 55.1 Å². The average molecular weight is 417 g/mol. The van der Waals surface area contributed by atoms with Gasteiger partial charge in [-0.2, -0.15) is 13.2 Å². The van der Waals surface area contributed by atoms with E-state index in [-0.39, 0.29) is 27.6 Å². The molecule has 0 saturated carbocycles. The van der Waals surface area contributed by atoms with Crippen molar-refractivity contribution in [1.82, 2.24) is 5.16 Å². The molecule has 4 nitrogen and oxygen atoms in total. The van der Waals surface area contributed by atoms with Crippen LogP contribution in [0, 0.1) is 18.6 Å². The third-order valence-electron chi connectivity index (χ3n) is 3.83. The lowest BCUT2D eigenvalue weighted by atomic mass is 10.0. The minimum Gasteiger partial charge on any atom is -0.360 e. The van der Waals surface area contributed by atoms with Gasteiger partial charge in [0.1, 0.15) is 28.7 Å². The van der Waals surface area contributed by atoms with Gasteiger partial charge in [0.25, 0.3) is 5.91 Å². The van der Waals surface area contributed by atoms with Crippen LogP contribution in [0.2, 0.25) is 5.02 Å². The zero-order valence-electron chi connectivity index (χ0n) is 14.0. The summed E-state index contributed by atoms with van der Waals surface area (Å²) in [7, 11) is 0. The monoisotopic (exact) mass is 416 g/mol. The van der Waals surface area contributed by atoms with E-state index in [1.54, 1.807) is 0 Å². The van der Waals surface area contributed by atoms with Crippen LogP contribution in [-0.2, 0) is 6.18 Å². The van der Waals surface area contributed by atoms with Crippen LogP contribution in [0.4, 0.5) is 27.6 Å². The maximum Gasteiger partial charge on any atom is 0.416 e. The first-order chi connectivity index (χ1) is 13.1. The summed E-state index contributed by atoms with van der Waals surface area (Å²) >= 11 is 5.97. The van der Waals surface area contributed by atoms with E-state index in [4.69, 9.17) is 16.1 Å². The lowest BCUT2D eigenvalue weighted by Crippen LogP contribution is -2.16.